The van der Waals surface area contributed by atoms with Crippen LogP contribution in [-0.2, 0) is 4.84 Å². The van der Waals surface area contributed by atoms with Crippen molar-refractivity contribution in [2.75, 3.05) is 0 Å². The molecule has 13 heteroatoms. The standard InChI is InChI=1S/C21H14BrCl2F2I2N3O2.U/c1-9-4-10(2-3-12(9)20(32)30-18-8-17(22)31-33-18)16(29)7-13(21(26,27)28)11-5-14(23)19(25)15(24)6-11;/h2-6,18H,7-8H2,1H3,(H,30,32);/q-2;+2. The van der Waals surface area contributed by atoms with Crippen LogP contribution in [0.15, 0.2) is 35.5 Å². The van der Waals surface area contributed by atoms with Crippen molar-refractivity contribution in [1.82, 2.24) is 5.32 Å². The van der Waals surface area contributed by atoms with Crippen LogP contribution in [0.3, 0.4) is 0 Å². The first-order valence-corrected chi connectivity index (χ1v) is 13.0. The van der Waals surface area contributed by atoms with Gasteiger partial charge in [0, 0.05) is 15.6 Å². The maximum Gasteiger partial charge on any atom is 2.00 e. The van der Waals surface area contributed by atoms with E-state index in [2.05, 4.69) is 26.4 Å². The minimum absolute atomic E-state index is 0. The summed E-state index contributed by atoms with van der Waals surface area (Å²) in [6, 6.07) is 7.27. The minimum Gasteiger partial charge on any atom is -0.808 e. The van der Waals surface area contributed by atoms with Gasteiger partial charge in [-0.3, -0.25) is 4.79 Å². The molecule has 1 atom stereocenters. The number of halogens is 7. The van der Waals surface area contributed by atoms with Gasteiger partial charge < -0.3 is 15.6 Å². The number of rotatable bonds is 7. The van der Waals surface area contributed by atoms with Gasteiger partial charge in [0.2, 0.25) is 6.23 Å². The predicted octanol–water partition coefficient (Wildman–Crippen LogP) is 7.49. The first kappa shape index (κ1) is 30.6. The van der Waals surface area contributed by atoms with Crippen molar-refractivity contribution < 1.29 is 49.5 Å². The molecule has 1 heterocycles. The molecule has 1 amide bonds. The molecule has 0 radical (unpaired) electrons. The normalized spacial score (nSPS) is 15.2. The second-order valence-electron chi connectivity index (χ2n) is 7.12. The first-order valence-electron chi connectivity index (χ1n) is 9.29. The molecule has 0 saturated heterocycles. The molecule has 34 heavy (non-hydrogen) atoms. The van der Waals surface area contributed by atoms with Crippen LogP contribution in [0, 0.1) is 49.8 Å². The number of aryl methyl sites for hydroxylation is 1. The Balaban J connectivity index is 0.00000408. The fourth-order valence-corrected chi connectivity index (χ4v) is 4.98. The van der Waals surface area contributed by atoms with Crippen LogP contribution in [0.25, 0.3) is 5.41 Å². The van der Waals surface area contributed by atoms with Crippen LogP contribution in [0.5, 0.6) is 0 Å². The van der Waals surface area contributed by atoms with Gasteiger partial charge in [0.05, 0.1) is 6.42 Å². The van der Waals surface area contributed by atoms with E-state index in [0.717, 1.165) is 0 Å². The fourth-order valence-electron chi connectivity index (χ4n) is 3.11. The summed E-state index contributed by atoms with van der Waals surface area (Å²) in [4.78, 5) is 17.6. The van der Waals surface area contributed by atoms with Crippen LogP contribution in [0.2, 0.25) is 10.0 Å². The van der Waals surface area contributed by atoms with Gasteiger partial charge in [-0.25, -0.2) is 8.78 Å². The van der Waals surface area contributed by atoms with Gasteiger partial charge >= 0.3 is 31.1 Å². The molecule has 1 unspecified atom stereocenters. The molecule has 1 aliphatic rings. The Morgan fingerprint density at radius 2 is 1.97 bits per heavy atom. The quantitative estimate of drug-likeness (QED) is 0.103. The van der Waals surface area contributed by atoms with Gasteiger partial charge in [0.15, 0.2) is 1.68 Å². The van der Waals surface area contributed by atoms with E-state index in [4.69, 9.17) is 28.0 Å². The molecular formula is C21H14BrCl2F2I2N3O2U. The number of carbonyl (C=O) groups excluding carboxylic acids is 1. The smallest absolute Gasteiger partial charge is 0.808 e. The third kappa shape index (κ3) is 7.68. The van der Waals surface area contributed by atoms with Crippen molar-refractivity contribution in [1.29, 1.82) is 0 Å². The maximum absolute atomic E-state index is 15.0. The van der Waals surface area contributed by atoms with E-state index in [9.17, 15) is 14.6 Å². The van der Waals surface area contributed by atoms with Gasteiger partial charge in [-0.15, -0.1) is 18.1 Å². The summed E-state index contributed by atoms with van der Waals surface area (Å²) in [6.07, 6.45) is -0.333. The topological polar surface area (TPSA) is 73.0 Å². The third-order valence-electron chi connectivity index (χ3n) is 4.75. The molecule has 0 aliphatic carbocycles. The first-order chi connectivity index (χ1) is 15.4. The molecule has 0 bridgehead atoms. The average molecular weight is 1020 g/mol. The Morgan fingerprint density at radius 1 is 1.35 bits per heavy atom. The summed E-state index contributed by atoms with van der Waals surface area (Å²) >= 11 is 18.1. The summed E-state index contributed by atoms with van der Waals surface area (Å²) in [7, 11) is 0. The Bertz CT molecular complexity index is 1130. The molecule has 2 aromatic carbocycles. The molecule has 0 saturated carbocycles. The second kappa shape index (κ2) is 12.7. The molecule has 3 rings (SSSR count). The van der Waals surface area contributed by atoms with Crippen LogP contribution >= 0.6 is 84.3 Å². The molecule has 1 aliphatic heterocycles. The van der Waals surface area contributed by atoms with Crippen molar-refractivity contribution in [3.05, 3.63) is 79.8 Å². The summed E-state index contributed by atoms with van der Waals surface area (Å²) in [5.41, 5.74) is 1.52. The molecule has 2 aromatic rings. The molecule has 5 nitrogen and oxygen atoms in total. The largest absolute Gasteiger partial charge is 2.00 e. The zero-order valence-electron chi connectivity index (χ0n) is 17.2. The summed E-state index contributed by atoms with van der Waals surface area (Å²) in [5.74, 6) is -1.01. The molecule has 0 fully saturated rings. The number of alkyl halides is 3. The van der Waals surface area contributed by atoms with E-state index in [1.807, 2.05) is 0 Å². The molecule has 0 aromatic heterocycles. The molecule has 0 spiro atoms. The monoisotopic (exact) mass is 1020 g/mol. The number of hydrogen-bond acceptors (Lipinski definition) is 3. The molecule has 178 valence electrons. The van der Waals surface area contributed by atoms with E-state index in [1.165, 1.54) is 12.1 Å². The van der Waals surface area contributed by atoms with E-state index >= 15 is 4.39 Å². The molecule has 1 N–H and O–H groups in total. The van der Waals surface area contributed by atoms with Gasteiger partial charge in [-0.05, 0) is 85.2 Å². The minimum atomic E-state index is -1.92. The Morgan fingerprint density at radius 3 is 2.47 bits per heavy atom. The van der Waals surface area contributed by atoms with Crippen molar-refractivity contribution in [2.45, 2.75) is 27.7 Å². The zero-order chi connectivity index (χ0) is 24.5. The van der Waals surface area contributed by atoms with E-state index in [1.54, 1.807) is 70.3 Å². The fraction of sp³-hybridized carbons (Fsp3) is 0.238. The number of carbonyl (C=O) groups is 1. The second-order valence-corrected chi connectivity index (χ2v) is 13.9. The van der Waals surface area contributed by atoms with E-state index in [-0.39, 0.29) is 70.7 Å². The number of amides is 1. The van der Waals surface area contributed by atoms with Gasteiger partial charge in [-0.1, -0.05) is 46.9 Å². The Hall–Kier alpha value is 0.352. The van der Waals surface area contributed by atoms with Crippen molar-refractivity contribution >= 4 is 101 Å². The third-order valence-corrected chi connectivity index (χ3v) is 7.07. The zero-order valence-corrected chi connectivity index (χ0v) is 28.8. The van der Waals surface area contributed by atoms with Gasteiger partial charge in [0.25, 0.3) is 5.91 Å². The Labute approximate surface area is 264 Å². The summed E-state index contributed by atoms with van der Waals surface area (Å²) in [6.45, 7) is 1.72. The number of benzene rings is 2. The van der Waals surface area contributed by atoms with Gasteiger partial charge in [-0.2, -0.15) is 11.3 Å². The number of hydrogen-bond donors (Lipinski definition) is 1. The maximum atomic E-state index is 15.0. The van der Waals surface area contributed by atoms with E-state index < -0.39 is 13.7 Å². The van der Waals surface area contributed by atoms with Crippen molar-refractivity contribution in [3.63, 3.8) is 0 Å². The average Bonchev–Trinajstić information content (AvgIpc) is 3.13. The van der Waals surface area contributed by atoms with E-state index in [0.29, 0.717) is 27.7 Å². The van der Waals surface area contributed by atoms with Gasteiger partial charge in [0.1, 0.15) is 10.4 Å². The number of nitrogens with one attached hydrogen (secondary N) is 1. The SMILES string of the molecule is Cc1cc(C(=[N-])C[C-](c2cc(Cl)c(F)c(Cl)c2)C(F)(I)I)ccc1C(=O)NC1CC(Br)=NO1.[U+2]. The van der Waals surface area contributed by atoms with Crippen molar-refractivity contribution in [2.24, 2.45) is 5.16 Å². The summed E-state index contributed by atoms with van der Waals surface area (Å²) < 4.78 is 27.5. The Kier molecular flexibility index (Phi) is 11.5. The number of oxime groups is 1. The van der Waals surface area contributed by atoms with Crippen LogP contribution in [0.4, 0.5) is 8.78 Å². The van der Waals surface area contributed by atoms with Crippen LogP contribution in [-0.4, -0.2) is 24.1 Å². The summed E-state index contributed by atoms with van der Waals surface area (Å²) in [5, 5.41) is 16.7. The van der Waals surface area contributed by atoms with Crippen LogP contribution in [0.1, 0.15) is 39.9 Å². The number of nitrogens with zero attached hydrogens (tertiary/aromatic N) is 2. The van der Waals surface area contributed by atoms with Crippen LogP contribution < -0.4 is 5.32 Å². The molecular weight excluding hydrogens is 1010 g/mol. The van der Waals surface area contributed by atoms with Crippen molar-refractivity contribution in [3.8, 4) is 0 Å². The predicted molar refractivity (Wildman–Crippen MR) is 147 cm³/mol.